The number of imidazole rings is 1. The number of nitrogens with one attached hydrogen (secondary N) is 3. The van der Waals surface area contributed by atoms with Crippen LogP contribution < -0.4 is 15.5 Å². The molecule has 7 nitrogen and oxygen atoms in total. The molecule has 158 valence electrons. The average Bonchev–Trinajstić information content (AvgIpc) is 3.15. The summed E-state index contributed by atoms with van der Waals surface area (Å²) in [6.07, 6.45) is 5.43. The molecule has 0 spiro atoms. The van der Waals surface area contributed by atoms with Crippen molar-refractivity contribution >= 4 is 23.1 Å². The van der Waals surface area contributed by atoms with Crippen LogP contribution in [0.3, 0.4) is 0 Å². The molecule has 0 saturated heterocycles. The number of fused-ring (bicyclic) bond motifs is 1. The zero-order valence-corrected chi connectivity index (χ0v) is 17.8. The Balaban J connectivity index is 1.56. The first-order valence-corrected chi connectivity index (χ1v) is 10.5. The molecule has 1 atom stereocenters. The van der Waals surface area contributed by atoms with Crippen LogP contribution in [-0.4, -0.2) is 40.8 Å². The van der Waals surface area contributed by atoms with E-state index in [1.165, 1.54) is 0 Å². The third kappa shape index (κ3) is 4.10. The van der Waals surface area contributed by atoms with Gasteiger partial charge in [0.25, 0.3) is 0 Å². The Kier molecular flexibility index (Phi) is 5.37. The SMILES string of the molecule is C[C@@H]1C2=C(CC(C)(C)CC2=O)Nc2ccccc2N1CC(=O)NCCc1cnc[nH]1. The van der Waals surface area contributed by atoms with Crippen molar-refractivity contribution in [3.05, 3.63) is 53.8 Å². The van der Waals surface area contributed by atoms with Crippen molar-refractivity contribution < 1.29 is 9.59 Å². The summed E-state index contributed by atoms with van der Waals surface area (Å²) in [5.41, 5.74) is 4.57. The zero-order valence-electron chi connectivity index (χ0n) is 17.8. The van der Waals surface area contributed by atoms with Gasteiger partial charge in [0.1, 0.15) is 0 Å². The van der Waals surface area contributed by atoms with E-state index in [9.17, 15) is 9.59 Å². The number of benzene rings is 1. The lowest BCUT2D eigenvalue weighted by molar-refractivity contribution is -0.120. The maximum Gasteiger partial charge on any atom is 0.239 e. The Morgan fingerprint density at radius 1 is 1.30 bits per heavy atom. The smallest absolute Gasteiger partial charge is 0.239 e. The van der Waals surface area contributed by atoms with Crippen LogP contribution in [0.25, 0.3) is 0 Å². The fourth-order valence-electron chi connectivity index (χ4n) is 4.48. The largest absolute Gasteiger partial charge is 0.357 e. The van der Waals surface area contributed by atoms with E-state index in [0.717, 1.165) is 34.8 Å². The van der Waals surface area contributed by atoms with Crippen molar-refractivity contribution in [2.24, 2.45) is 5.41 Å². The molecule has 1 aromatic heterocycles. The molecule has 7 heteroatoms. The fourth-order valence-corrected chi connectivity index (χ4v) is 4.48. The Labute approximate surface area is 177 Å². The van der Waals surface area contributed by atoms with Crippen molar-refractivity contribution in [3.8, 4) is 0 Å². The van der Waals surface area contributed by atoms with E-state index in [1.54, 1.807) is 12.5 Å². The van der Waals surface area contributed by atoms with E-state index in [4.69, 9.17) is 0 Å². The van der Waals surface area contributed by atoms with Crippen LogP contribution in [0.2, 0.25) is 0 Å². The van der Waals surface area contributed by atoms with Gasteiger partial charge >= 0.3 is 0 Å². The van der Waals surface area contributed by atoms with Crippen LogP contribution in [0.1, 0.15) is 39.3 Å². The summed E-state index contributed by atoms with van der Waals surface area (Å²) in [6, 6.07) is 7.77. The topological polar surface area (TPSA) is 90.1 Å². The van der Waals surface area contributed by atoms with Crippen molar-refractivity contribution in [2.75, 3.05) is 23.3 Å². The molecule has 4 rings (SSSR count). The molecule has 2 aromatic rings. The van der Waals surface area contributed by atoms with Gasteiger partial charge in [0, 0.05) is 42.5 Å². The summed E-state index contributed by atoms with van der Waals surface area (Å²) >= 11 is 0. The van der Waals surface area contributed by atoms with Gasteiger partial charge in [-0.15, -0.1) is 0 Å². The van der Waals surface area contributed by atoms with Gasteiger partial charge in [-0.05, 0) is 30.9 Å². The molecule has 2 aliphatic rings. The number of rotatable bonds is 5. The molecule has 1 amide bonds. The lowest BCUT2D eigenvalue weighted by atomic mass is 9.74. The number of ketones is 1. The highest BCUT2D eigenvalue weighted by Crippen LogP contribution is 2.43. The lowest BCUT2D eigenvalue weighted by Crippen LogP contribution is -2.45. The number of Topliss-reactive ketones (excluding diaryl/α,β-unsaturated/α-hetero) is 1. The van der Waals surface area contributed by atoms with Crippen molar-refractivity contribution in [2.45, 2.75) is 46.1 Å². The quantitative estimate of drug-likeness (QED) is 0.709. The summed E-state index contributed by atoms with van der Waals surface area (Å²) in [5.74, 6) is 0.0996. The first kappa shape index (κ1) is 20.2. The number of nitrogens with zero attached hydrogens (tertiary/aromatic N) is 2. The van der Waals surface area contributed by atoms with E-state index in [0.29, 0.717) is 19.4 Å². The minimum absolute atomic E-state index is 0.0659. The molecule has 2 heterocycles. The molecule has 3 N–H and O–H groups in total. The van der Waals surface area contributed by atoms with Gasteiger partial charge in [-0.1, -0.05) is 26.0 Å². The number of carbonyl (C=O) groups excluding carboxylic acids is 2. The van der Waals surface area contributed by atoms with Crippen LogP contribution in [0.5, 0.6) is 0 Å². The summed E-state index contributed by atoms with van der Waals surface area (Å²) in [6.45, 7) is 7.00. The normalized spacial score (nSPS) is 20.2. The van der Waals surface area contributed by atoms with Crippen LogP contribution in [0, 0.1) is 5.41 Å². The second-order valence-corrected chi connectivity index (χ2v) is 8.96. The number of carbonyl (C=O) groups is 2. The van der Waals surface area contributed by atoms with E-state index in [1.807, 2.05) is 36.1 Å². The Morgan fingerprint density at radius 2 is 2.10 bits per heavy atom. The summed E-state index contributed by atoms with van der Waals surface area (Å²) < 4.78 is 0. The summed E-state index contributed by atoms with van der Waals surface area (Å²) in [4.78, 5) is 34.9. The molecule has 1 aliphatic heterocycles. The first-order valence-electron chi connectivity index (χ1n) is 10.5. The number of anilines is 2. The molecule has 0 bridgehead atoms. The van der Waals surface area contributed by atoms with E-state index >= 15 is 0 Å². The number of aromatic nitrogens is 2. The molecule has 1 aliphatic carbocycles. The highest BCUT2D eigenvalue weighted by molar-refractivity contribution is 6.01. The van der Waals surface area contributed by atoms with Crippen LogP contribution in [0.4, 0.5) is 11.4 Å². The summed E-state index contributed by atoms with van der Waals surface area (Å²) in [7, 11) is 0. The number of hydrogen-bond acceptors (Lipinski definition) is 5. The fraction of sp³-hybridized carbons (Fsp3) is 0.435. The van der Waals surface area contributed by atoms with Gasteiger partial charge in [-0.2, -0.15) is 0 Å². The third-order valence-corrected chi connectivity index (χ3v) is 5.89. The van der Waals surface area contributed by atoms with E-state index < -0.39 is 0 Å². The van der Waals surface area contributed by atoms with Crippen LogP contribution in [-0.2, 0) is 16.0 Å². The van der Waals surface area contributed by atoms with E-state index in [2.05, 4.69) is 34.4 Å². The van der Waals surface area contributed by atoms with Gasteiger partial charge in [-0.3, -0.25) is 9.59 Å². The number of allylic oxidation sites excluding steroid dienone is 1. The standard InChI is InChI=1S/C23H29N5O2/c1-15-22-18(10-23(2,3)11-20(22)29)27-17-6-4-5-7-19(17)28(15)13-21(30)25-9-8-16-12-24-14-26-16/h4-7,12,14-15,27H,8-11,13H2,1-3H3,(H,24,26)(H,25,30)/t15-/m1/s1. The average molecular weight is 408 g/mol. The Bertz CT molecular complexity index is 977. The third-order valence-electron chi connectivity index (χ3n) is 5.89. The van der Waals surface area contributed by atoms with Crippen LogP contribution >= 0.6 is 0 Å². The number of amides is 1. The zero-order chi connectivity index (χ0) is 21.3. The van der Waals surface area contributed by atoms with Gasteiger partial charge in [-0.25, -0.2) is 4.98 Å². The van der Waals surface area contributed by atoms with Crippen molar-refractivity contribution in [1.82, 2.24) is 15.3 Å². The summed E-state index contributed by atoms with van der Waals surface area (Å²) in [5, 5.41) is 6.50. The Hall–Kier alpha value is -3.09. The predicted molar refractivity (Wildman–Crippen MR) is 117 cm³/mol. The maximum atomic E-state index is 13.1. The first-order chi connectivity index (χ1) is 14.3. The second kappa shape index (κ2) is 7.97. The van der Waals surface area contributed by atoms with Gasteiger partial charge in [0.15, 0.2) is 5.78 Å². The monoisotopic (exact) mass is 407 g/mol. The molecule has 30 heavy (non-hydrogen) atoms. The molecule has 0 fully saturated rings. The molecule has 0 radical (unpaired) electrons. The number of hydrogen-bond donors (Lipinski definition) is 3. The highest BCUT2D eigenvalue weighted by Gasteiger charge is 2.39. The maximum absolute atomic E-state index is 13.1. The van der Waals surface area contributed by atoms with Crippen molar-refractivity contribution in [1.29, 1.82) is 0 Å². The number of para-hydroxylation sites is 2. The molecule has 1 aromatic carbocycles. The van der Waals surface area contributed by atoms with Gasteiger partial charge in [0.2, 0.25) is 5.91 Å². The number of aromatic amines is 1. The van der Waals surface area contributed by atoms with Crippen LogP contribution in [0.15, 0.2) is 48.1 Å². The van der Waals surface area contributed by atoms with Gasteiger partial charge in [0.05, 0.1) is 30.3 Å². The van der Waals surface area contributed by atoms with Crippen molar-refractivity contribution in [3.63, 3.8) is 0 Å². The molecular weight excluding hydrogens is 378 g/mol. The highest BCUT2D eigenvalue weighted by atomic mass is 16.2. The minimum atomic E-state index is -0.182. The van der Waals surface area contributed by atoms with Gasteiger partial charge < -0.3 is 20.5 Å². The molecular formula is C23H29N5O2. The predicted octanol–water partition coefficient (Wildman–Crippen LogP) is 3.03. The second-order valence-electron chi connectivity index (χ2n) is 8.96. The molecule has 0 unspecified atom stereocenters. The van der Waals surface area contributed by atoms with E-state index in [-0.39, 0.29) is 29.7 Å². The molecule has 0 saturated carbocycles. The number of H-pyrrole nitrogens is 1. The Morgan fingerprint density at radius 3 is 2.87 bits per heavy atom. The minimum Gasteiger partial charge on any atom is -0.357 e. The lowest BCUT2D eigenvalue weighted by Gasteiger charge is -2.36.